The van der Waals surface area contributed by atoms with E-state index in [-0.39, 0.29) is 5.91 Å². The van der Waals surface area contributed by atoms with Crippen LogP contribution in [0.1, 0.15) is 40.3 Å². The minimum absolute atomic E-state index is 0.191. The Labute approximate surface area is 165 Å². The third-order valence-electron chi connectivity index (χ3n) is 5.29. The van der Waals surface area contributed by atoms with Gasteiger partial charge in [0.25, 0.3) is 5.91 Å². The fraction of sp³-hybridized carbons (Fsp3) is 0.476. The highest BCUT2D eigenvalue weighted by atomic mass is 16.7. The highest BCUT2D eigenvalue weighted by Gasteiger charge is 2.40. The summed E-state index contributed by atoms with van der Waals surface area (Å²) in [7, 11) is 0. The zero-order valence-electron chi connectivity index (χ0n) is 16.4. The molecule has 3 heterocycles. The van der Waals surface area contributed by atoms with Gasteiger partial charge in [-0.3, -0.25) is 4.79 Å². The summed E-state index contributed by atoms with van der Waals surface area (Å²) in [5.74, 6) is 0.753. The van der Waals surface area contributed by atoms with Crippen molar-refractivity contribution in [3.63, 3.8) is 0 Å². The molecule has 2 aliphatic heterocycles. The van der Waals surface area contributed by atoms with Crippen molar-refractivity contribution >= 4 is 11.7 Å². The average Bonchev–Trinajstić information content (AvgIpc) is 3.15. The first-order valence-corrected chi connectivity index (χ1v) is 9.75. The largest absolute Gasteiger partial charge is 0.356 e. The molecule has 0 radical (unpaired) electrons. The lowest BCUT2D eigenvalue weighted by molar-refractivity contribution is -0.169. The molecule has 2 aromatic rings. The quantitative estimate of drug-likeness (QED) is 0.875. The number of anilines is 1. The molecule has 0 aliphatic carbocycles. The smallest absolute Gasteiger partial charge is 0.270 e. The van der Waals surface area contributed by atoms with E-state index in [2.05, 4.69) is 20.2 Å². The number of hydrogen-bond donors (Lipinski definition) is 1. The van der Waals surface area contributed by atoms with Gasteiger partial charge in [-0.1, -0.05) is 29.8 Å². The molecule has 1 spiro atoms. The Hall–Kier alpha value is -2.51. The number of piperidine rings is 1. The SMILES string of the molecule is Cc1ccc(CNC(=O)c2cc(N3CCC4(CC3)OCCO4)nc(C)n2)cc1. The van der Waals surface area contributed by atoms with Crippen LogP contribution in [0, 0.1) is 13.8 Å². The Kier molecular flexibility index (Phi) is 5.28. The molecule has 2 fully saturated rings. The van der Waals surface area contributed by atoms with Crippen LogP contribution in [0.4, 0.5) is 5.82 Å². The van der Waals surface area contributed by atoms with Gasteiger partial charge in [-0.05, 0) is 19.4 Å². The molecule has 4 rings (SSSR count). The van der Waals surface area contributed by atoms with Gasteiger partial charge >= 0.3 is 0 Å². The van der Waals surface area contributed by atoms with Gasteiger partial charge in [-0.2, -0.15) is 0 Å². The standard InChI is InChI=1S/C21H26N4O3/c1-15-3-5-17(6-4-15)14-22-20(26)18-13-19(24-16(2)23-18)25-9-7-21(8-10-25)27-11-12-28-21/h3-6,13H,7-12,14H2,1-2H3,(H,22,26). The van der Waals surface area contributed by atoms with E-state index in [0.717, 1.165) is 37.3 Å². The predicted molar refractivity (Wildman–Crippen MR) is 105 cm³/mol. The molecule has 0 saturated carbocycles. The predicted octanol–water partition coefficient (Wildman–Crippen LogP) is 2.37. The number of rotatable bonds is 4. The molecule has 1 aromatic carbocycles. The van der Waals surface area contributed by atoms with Gasteiger partial charge in [0.1, 0.15) is 17.3 Å². The summed E-state index contributed by atoms with van der Waals surface area (Å²) in [5.41, 5.74) is 2.65. The number of carbonyl (C=O) groups is 1. The van der Waals surface area contributed by atoms with E-state index in [1.54, 1.807) is 6.07 Å². The normalized spacial score (nSPS) is 18.4. The number of benzene rings is 1. The number of nitrogens with zero attached hydrogens (tertiary/aromatic N) is 3. The van der Waals surface area contributed by atoms with Crippen LogP contribution in [0.2, 0.25) is 0 Å². The number of amides is 1. The van der Waals surface area contributed by atoms with E-state index in [9.17, 15) is 4.79 Å². The van der Waals surface area contributed by atoms with Crippen molar-refractivity contribution in [2.75, 3.05) is 31.2 Å². The van der Waals surface area contributed by atoms with E-state index in [0.29, 0.717) is 31.3 Å². The Morgan fingerprint density at radius 3 is 2.46 bits per heavy atom. The Bertz CT molecular complexity index is 837. The van der Waals surface area contributed by atoms with Gasteiger partial charge in [0.2, 0.25) is 0 Å². The number of aryl methyl sites for hydroxylation is 2. The van der Waals surface area contributed by atoms with E-state index in [1.165, 1.54) is 5.56 Å². The van der Waals surface area contributed by atoms with Crippen LogP contribution in [-0.4, -0.2) is 48.0 Å². The Morgan fingerprint density at radius 1 is 1.11 bits per heavy atom. The van der Waals surface area contributed by atoms with Gasteiger partial charge in [-0.15, -0.1) is 0 Å². The van der Waals surface area contributed by atoms with Gasteiger partial charge in [0, 0.05) is 38.5 Å². The van der Waals surface area contributed by atoms with Crippen LogP contribution in [0.25, 0.3) is 0 Å². The van der Waals surface area contributed by atoms with Gasteiger partial charge in [0.15, 0.2) is 5.79 Å². The van der Waals surface area contributed by atoms with Crippen LogP contribution in [0.15, 0.2) is 30.3 Å². The lowest BCUT2D eigenvalue weighted by Crippen LogP contribution is -2.45. The topological polar surface area (TPSA) is 76.6 Å². The van der Waals surface area contributed by atoms with Crippen LogP contribution in [0.5, 0.6) is 0 Å². The molecule has 7 heteroatoms. The summed E-state index contributed by atoms with van der Waals surface area (Å²) >= 11 is 0. The number of ether oxygens (including phenoxy) is 2. The van der Waals surface area contributed by atoms with Crippen molar-refractivity contribution in [1.29, 1.82) is 0 Å². The summed E-state index contributed by atoms with van der Waals surface area (Å²) in [6.45, 7) is 7.21. The molecule has 2 aliphatic rings. The molecule has 28 heavy (non-hydrogen) atoms. The Morgan fingerprint density at radius 2 is 1.79 bits per heavy atom. The van der Waals surface area contributed by atoms with E-state index < -0.39 is 5.79 Å². The molecular formula is C21H26N4O3. The summed E-state index contributed by atoms with van der Waals surface area (Å²) in [6, 6.07) is 9.88. The zero-order valence-corrected chi connectivity index (χ0v) is 16.4. The van der Waals surface area contributed by atoms with Crippen LogP contribution >= 0.6 is 0 Å². The first-order valence-electron chi connectivity index (χ1n) is 9.75. The second-order valence-electron chi connectivity index (χ2n) is 7.42. The zero-order chi connectivity index (χ0) is 19.6. The fourth-order valence-corrected chi connectivity index (χ4v) is 3.67. The first kappa shape index (κ1) is 18.8. The summed E-state index contributed by atoms with van der Waals surface area (Å²) in [4.78, 5) is 23.6. The van der Waals surface area contributed by atoms with E-state index in [1.807, 2.05) is 38.1 Å². The molecule has 0 unspecified atom stereocenters. The monoisotopic (exact) mass is 382 g/mol. The van der Waals surface area contributed by atoms with Crippen LogP contribution in [0.3, 0.4) is 0 Å². The minimum atomic E-state index is -0.424. The molecule has 7 nitrogen and oxygen atoms in total. The van der Waals surface area contributed by atoms with Crippen molar-refractivity contribution < 1.29 is 14.3 Å². The summed E-state index contributed by atoms with van der Waals surface area (Å²) in [5, 5.41) is 2.94. The highest BCUT2D eigenvalue weighted by Crippen LogP contribution is 2.32. The van der Waals surface area contributed by atoms with Gasteiger partial charge in [-0.25, -0.2) is 9.97 Å². The van der Waals surface area contributed by atoms with E-state index >= 15 is 0 Å². The fourth-order valence-electron chi connectivity index (χ4n) is 3.67. The number of aromatic nitrogens is 2. The van der Waals surface area contributed by atoms with Crippen molar-refractivity contribution in [3.05, 3.63) is 53.0 Å². The van der Waals surface area contributed by atoms with Crippen LogP contribution in [-0.2, 0) is 16.0 Å². The van der Waals surface area contributed by atoms with Crippen molar-refractivity contribution in [3.8, 4) is 0 Å². The Balaban J connectivity index is 1.41. The highest BCUT2D eigenvalue weighted by molar-refractivity contribution is 5.92. The second-order valence-corrected chi connectivity index (χ2v) is 7.42. The molecule has 2 saturated heterocycles. The third kappa shape index (κ3) is 4.15. The first-order chi connectivity index (χ1) is 13.5. The maximum Gasteiger partial charge on any atom is 0.270 e. The second kappa shape index (κ2) is 7.85. The lowest BCUT2D eigenvalue weighted by Gasteiger charge is -2.38. The summed E-state index contributed by atoms with van der Waals surface area (Å²) in [6.07, 6.45) is 1.59. The maximum absolute atomic E-state index is 12.6. The van der Waals surface area contributed by atoms with Crippen molar-refractivity contribution in [2.24, 2.45) is 0 Å². The molecule has 1 N–H and O–H groups in total. The number of hydrogen-bond acceptors (Lipinski definition) is 6. The van der Waals surface area contributed by atoms with Crippen molar-refractivity contribution in [1.82, 2.24) is 15.3 Å². The van der Waals surface area contributed by atoms with E-state index in [4.69, 9.17) is 9.47 Å². The maximum atomic E-state index is 12.6. The average molecular weight is 382 g/mol. The van der Waals surface area contributed by atoms with Crippen LogP contribution < -0.4 is 10.2 Å². The molecular weight excluding hydrogens is 356 g/mol. The lowest BCUT2D eigenvalue weighted by atomic mass is 10.0. The van der Waals surface area contributed by atoms with Crippen molar-refractivity contribution in [2.45, 2.75) is 39.0 Å². The third-order valence-corrected chi connectivity index (χ3v) is 5.29. The van der Waals surface area contributed by atoms with Gasteiger partial charge < -0.3 is 19.7 Å². The molecule has 148 valence electrons. The molecule has 1 amide bonds. The molecule has 0 bridgehead atoms. The number of nitrogens with one attached hydrogen (secondary N) is 1. The minimum Gasteiger partial charge on any atom is -0.356 e. The molecule has 1 aromatic heterocycles. The summed E-state index contributed by atoms with van der Waals surface area (Å²) < 4.78 is 11.6. The van der Waals surface area contributed by atoms with Gasteiger partial charge in [0.05, 0.1) is 13.2 Å². The number of carbonyl (C=O) groups excluding carboxylic acids is 1. The molecule has 0 atom stereocenters.